The summed E-state index contributed by atoms with van der Waals surface area (Å²) in [5.41, 5.74) is 5.00. The van der Waals surface area contributed by atoms with E-state index in [-0.39, 0.29) is 29.7 Å². The molecule has 0 bridgehead atoms. The van der Waals surface area contributed by atoms with Crippen molar-refractivity contribution in [1.29, 1.82) is 0 Å². The molecule has 0 unspecified atom stereocenters. The second-order valence-electron chi connectivity index (χ2n) is 15.5. The van der Waals surface area contributed by atoms with E-state index in [2.05, 4.69) is 44.5 Å². The van der Waals surface area contributed by atoms with Crippen LogP contribution in [0.5, 0.6) is 0 Å². The Morgan fingerprint density at radius 2 is 1.44 bits per heavy atom. The number of amides is 4. The van der Waals surface area contributed by atoms with E-state index in [0.717, 1.165) is 70.0 Å². The fourth-order valence-electron chi connectivity index (χ4n) is 8.01. The largest absolute Gasteiger partial charge is 0.465 e. The van der Waals surface area contributed by atoms with Crippen LogP contribution in [-0.2, 0) is 19.9 Å². The number of carbonyl (C=O) groups excluding carboxylic acids is 3. The van der Waals surface area contributed by atoms with Crippen LogP contribution in [0.2, 0.25) is 0 Å². The van der Waals surface area contributed by atoms with Gasteiger partial charge in [-0.15, -0.1) is 0 Å². The highest BCUT2D eigenvalue weighted by Gasteiger charge is 2.47. The zero-order valence-electron chi connectivity index (χ0n) is 32.6. The lowest BCUT2D eigenvalue weighted by Gasteiger charge is -2.39. The fourth-order valence-corrected chi connectivity index (χ4v) is 8.01. The maximum atomic E-state index is 13.8. The number of hydrogen-bond acceptors (Lipinski definition) is 7. The number of likely N-dealkylation sites (N-methyl/N-ethyl adjacent to an activating group) is 1. The van der Waals surface area contributed by atoms with Gasteiger partial charge in [0.1, 0.15) is 23.7 Å². The summed E-state index contributed by atoms with van der Waals surface area (Å²) in [7, 11) is 2.74. The molecule has 6 rings (SSSR count). The number of carbonyl (C=O) groups is 4. The van der Waals surface area contributed by atoms with Crippen LogP contribution in [0.1, 0.15) is 78.0 Å². The number of H-pyrrole nitrogens is 2. The third-order valence-electron chi connectivity index (χ3n) is 11.2. The Balaban J connectivity index is 1.13. The van der Waals surface area contributed by atoms with Crippen molar-refractivity contribution in [2.24, 2.45) is 11.8 Å². The van der Waals surface area contributed by atoms with Crippen molar-refractivity contribution in [3.8, 4) is 33.6 Å². The molecule has 4 amide bonds. The maximum absolute atomic E-state index is 13.8. The standard InChI is InChI=1S/C41H52N8O6/c1-24(2)33(46-39(52)55-7)36(50)48-20-8-10-32(48)35-42-22-30(44-35)28-15-11-26(12-16-28)27-13-17-29(18-14-27)31-23-43-38(45-31)41(5)19-9-21-49(41)37(51)34(25(3)4)47(6)40(53)54/h11-18,22-25,32-34H,8-10,19-21H2,1-7H3,(H,42,44)(H,43,45)(H,46,52)(H,53,54)/t32-,33-,34-,41-/m0/s1. The van der Waals surface area contributed by atoms with E-state index in [0.29, 0.717) is 18.9 Å². The van der Waals surface area contributed by atoms with E-state index in [1.54, 1.807) is 22.2 Å². The van der Waals surface area contributed by atoms with Gasteiger partial charge in [0.15, 0.2) is 0 Å². The van der Waals surface area contributed by atoms with Gasteiger partial charge in [-0.2, -0.15) is 0 Å². The second kappa shape index (κ2) is 16.0. The molecule has 0 spiro atoms. The van der Waals surface area contributed by atoms with Crippen LogP contribution >= 0.6 is 0 Å². The van der Waals surface area contributed by atoms with E-state index < -0.39 is 29.8 Å². The Morgan fingerprint density at radius 1 is 0.855 bits per heavy atom. The highest BCUT2D eigenvalue weighted by atomic mass is 16.5. The molecule has 0 saturated carbocycles. The first-order chi connectivity index (χ1) is 26.2. The Hall–Kier alpha value is -5.66. The zero-order valence-corrected chi connectivity index (χ0v) is 32.6. The minimum absolute atomic E-state index is 0.108. The number of hydrogen-bond donors (Lipinski definition) is 4. The number of rotatable bonds is 11. The van der Waals surface area contributed by atoms with Gasteiger partial charge in [-0.1, -0.05) is 76.2 Å². The summed E-state index contributed by atoms with van der Waals surface area (Å²) in [5, 5.41) is 12.3. The summed E-state index contributed by atoms with van der Waals surface area (Å²) < 4.78 is 4.75. The van der Waals surface area contributed by atoms with Crippen molar-refractivity contribution in [2.45, 2.75) is 84.0 Å². The van der Waals surface area contributed by atoms with Gasteiger partial charge >= 0.3 is 12.2 Å². The van der Waals surface area contributed by atoms with Gasteiger partial charge in [-0.3, -0.25) is 14.5 Å². The van der Waals surface area contributed by atoms with E-state index in [9.17, 15) is 24.3 Å². The average molecular weight is 753 g/mol. The third kappa shape index (κ3) is 7.80. The zero-order chi connectivity index (χ0) is 39.6. The van der Waals surface area contributed by atoms with Crippen LogP contribution in [0, 0.1) is 11.8 Å². The molecule has 4 aromatic rings. The number of aromatic amines is 2. The highest BCUT2D eigenvalue weighted by Crippen LogP contribution is 2.39. The Kier molecular flexibility index (Phi) is 11.3. The molecule has 2 fully saturated rings. The first-order valence-electron chi connectivity index (χ1n) is 19.0. The van der Waals surface area contributed by atoms with Gasteiger partial charge in [0.25, 0.3) is 0 Å². The second-order valence-corrected chi connectivity index (χ2v) is 15.5. The maximum Gasteiger partial charge on any atom is 0.407 e. The topological polar surface area (TPSA) is 177 Å². The normalized spacial score (nSPS) is 19.5. The Bertz CT molecular complexity index is 2000. The van der Waals surface area contributed by atoms with Crippen molar-refractivity contribution < 1.29 is 29.0 Å². The van der Waals surface area contributed by atoms with E-state index >= 15 is 0 Å². The monoisotopic (exact) mass is 752 g/mol. The molecule has 14 heteroatoms. The lowest BCUT2D eigenvalue weighted by atomic mass is 9.95. The first-order valence-corrected chi connectivity index (χ1v) is 19.0. The molecule has 4 heterocycles. The molecule has 2 aliphatic rings. The minimum atomic E-state index is -1.13. The summed E-state index contributed by atoms with van der Waals surface area (Å²) in [6.45, 7) is 10.6. The lowest BCUT2D eigenvalue weighted by molar-refractivity contribution is -0.142. The number of ether oxygens (including phenoxy) is 1. The highest BCUT2D eigenvalue weighted by molar-refractivity contribution is 5.87. The van der Waals surface area contributed by atoms with Crippen LogP contribution in [0.15, 0.2) is 60.9 Å². The molecule has 4 atom stereocenters. The third-order valence-corrected chi connectivity index (χ3v) is 11.2. The smallest absolute Gasteiger partial charge is 0.407 e. The molecule has 0 radical (unpaired) electrons. The van der Waals surface area contributed by atoms with Crippen molar-refractivity contribution in [1.82, 2.24) is 40.0 Å². The molecule has 2 aliphatic heterocycles. The van der Waals surface area contributed by atoms with E-state index in [1.807, 2.05) is 58.9 Å². The number of carboxylic acid groups (broad SMARTS) is 1. The average Bonchev–Trinajstić information content (AvgIpc) is 4.00. The number of aromatic nitrogens is 4. The molecule has 4 N–H and O–H groups in total. The van der Waals surface area contributed by atoms with Gasteiger partial charge < -0.3 is 34.9 Å². The van der Waals surface area contributed by atoms with Crippen LogP contribution < -0.4 is 5.32 Å². The Morgan fingerprint density at radius 3 is 2.00 bits per heavy atom. The summed E-state index contributed by atoms with van der Waals surface area (Å²) >= 11 is 0. The van der Waals surface area contributed by atoms with Crippen LogP contribution in [0.4, 0.5) is 9.59 Å². The van der Waals surface area contributed by atoms with Crippen LogP contribution in [0.3, 0.4) is 0 Å². The predicted molar refractivity (Wildman–Crippen MR) is 208 cm³/mol. The van der Waals surface area contributed by atoms with Gasteiger partial charge in [-0.25, -0.2) is 19.6 Å². The number of likely N-dealkylation sites (tertiary alicyclic amines) is 2. The number of alkyl carbamates (subject to hydrolysis) is 1. The molecule has 2 aromatic carbocycles. The number of nitrogens with one attached hydrogen (secondary N) is 3. The van der Waals surface area contributed by atoms with Gasteiger partial charge in [-0.05, 0) is 66.7 Å². The quantitative estimate of drug-likeness (QED) is 0.132. The van der Waals surface area contributed by atoms with Crippen molar-refractivity contribution in [3.05, 3.63) is 72.6 Å². The minimum Gasteiger partial charge on any atom is -0.465 e. The molecule has 0 aliphatic carbocycles. The van der Waals surface area contributed by atoms with Crippen LogP contribution in [-0.4, -0.2) is 103 Å². The van der Waals surface area contributed by atoms with Crippen molar-refractivity contribution >= 4 is 24.0 Å². The molecular formula is C41H52N8O6. The molecule has 2 saturated heterocycles. The molecular weight excluding hydrogens is 701 g/mol. The van der Waals surface area contributed by atoms with E-state index in [1.165, 1.54) is 14.2 Å². The molecule has 2 aromatic heterocycles. The fraction of sp³-hybridized carbons (Fsp3) is 0.463. The van der Waals surface area contributed by atoms with E-state index in [4.69, 9.17) is 9.72 Å². The van der Waals surface area contributed by atoms with Crippen molar-refractivity contribution in [3.63, 3.8) is 0 Å². The SMILES string of the molecule is COC(=O)N[C@H](C(=O)N1CCC[C@H]1c1ncc(-c2ccc(-c3ccc(-c4cnc([C@]5(C)CCCN5C(=O)[C@H](C(C)C)N(C)C(=O)O)[nH]4)cc3)cc2)[nH]1)C(C)C. The van der Waals surface area contributed by atoms with Gasteiger partial charge in [0.2, 0.25) is 11.8 Å². The first kappa shape index (κ1) is 39.0. The van der Waals surface area contributed by atoms with Gasteiger partial charge in [0.05, 0.1) is 42.5 Å². The number of imidazole rings is 2. The molecule has 292 valence electrons. The Labute approximate surface area is 321 Å². The number of benzene rings is 2. The summed E-state index contributed by atoms with van der Waals surface area (Å²) in [6.07, 6.45) is 4.96. The summed E-state index contributed by atoms with van der Waals surface area (Å²) in [6, 6.07) is 14.7. The summed E-state index contributed by atoms with van der Waals surface area (Å²) in [5.74, 6) is 0.747. The molecule has 55 heavy (non-hydrogen) atoms. The summed E-state index contributed by atoms with van der Waals surface area (Å²) in [4.78, 5) is 72.0. The van der Waals surface area contributed by atoms with Crippen LogP contribution in [0.25, 0.3) is 33.6 Å². The predicted octanol–water partition coefficient (Wildman–Crippen LogP) is 6.65. The van der Waals surface area contributed by atoms with Gasteiger partial charge in [0, 0.05) is 20.1 Å². The number of nitrogens with zero attached hydrogens (tertiary/aromatic N) is 5. The van der Waals surface area contributed by atoms with Crippen molar-refractivity contribution in [2.75, 3.05) is 27.2 Å². The number of methoxy groups -OCH3 is 1. The molecule has 14 nitrogen and oxygen atoms in total. The lowest BCUT2D eigenvalue weighted by Crippen LogP contribution is -2.55.